The smallest absolute Gasteiger partial charge is 0.211 e. The summed E-state index contributed by atoms with van der Waals surface area (Å²) in [7, 11) is 3.47. The van der Waals surface area contributed by atoms with Crippen molar-refractivity contribution in [3.8, 4) is 5.88 Å². The zero-order chi connectivity index (χ0) is 12.3. The van der Waals surface area contributed by atoms with E-state index >= 15 is 0 Å². The summed E-state index contributed by atoms with van der Waals surface area (Å²) < 4.78 is 7.82. The van der Waals surface area contributed by atoms with Crippen molar-refractivity contribution < 1.29 is 4.74 Å². The van der Waals surface area contributed by atoms with Gasteiger partial charge in [0, 0.05) is 19.3 Å². The Bertz CT molecular complexity index is 513. The third kappa shape index (κ3) is 2.84. The Labute approximate surface area is 113 Å². The second-order valence-corrected chi connectivity index (χ2v) is 4.54. The highest BCUT2D eigenvalue weighted by molar-refractivity contribution is 14.1. The number of rotatable bonds is 4. The van der Waals surface area contributed by atoms with Gasteiger partial charge in [0.25, 0.3) is 0 Å². The minimum absolute atomic E-state index is 0.601. The van der Waals surface area contributed by atoms with Crippen molar-refractivity contribution in [2.75, 3.05) is 12.4 Å². The zero-order valence-corrected chi connectivity index (χ0v) is 11.7. The topological polar surface area (TPSA) is 64.9 Å². The predicted octanol–water partition coefficient (Wildman–Crippen LogP) is 1.44. The van der Waals surface area contributed by atoms with Crippen LogP contribution < -0.4 is 10.1 Å². The van der Waals surface area contributed by atoms with E-state index in [1.165, 1.54) is 6.33 Å². The van der Waals surface area contributed by atoms with Gasteiger partial charge in [-0.3, -0.25) is 0 Å². The molecular weight excluding hydrogens is 333 g/mol. The minimum Gasteiger partial charge on any atom is -0.481 e. The van der Waals surface area contributed by atoms with Gasteiger partial charge in [-0.15, -0.1) is 0 Å². The lowest BCUT2D eigenvalue weighted by atomic mass is 10.4. The largest absolute Gasteiger partial charge is 0.481 e. The first kappa shape index (κ1) is 12.1. The van der Waals surface area contributed by atoms with Gasteiger partial charge in [0.2, 0.25) is 5.88 Å². The first-order valence-corrected chi connectivity index (χ1v) is 6.05. The molecule has 0 radical (unpaired) electrons. The van der Waals surface area contributed by atoms with E-state index in [1.54, 1.807) is 18.0 Å². The van der Waals surface area contributed by atoms with E-state index in [1.807, 2.05) is 13.1 Å². The van der Waals surface area contributed by atoms with Crippen LogP contribution in [0.3, 0.4) is 0 Å². The van der Waals surface area contributed by atoms with Crippen molar-refractivity contribution in [2.45, 2.75) is 6.54 Å². The summed E-state index contributed by atoms with van der Waals surface area (Å²) in [5.74, 6) is 1.55. The molecule has 0 saturated carbocycles. The third-order valence-electron chi connectivity index (χ3n) is 2.20. The van der Waals surface area contributed by atoms with Crippen molar-refractivity contribution in [1.29, 1.82) is 0 Å². The summed E-state index contributed by atoms with van der Waals surface area (Å²) in [4.78, 5) is 8.08. The van der Waals surface area contributed by atoms with Gasteiger partial charge in [-0.1, -0.05) is 0 Å². The van der Waals surface area contributed by atoms with Crippen molar-refractivity contribution in [3.63, 3.8) is 0 Å². The fourth-order valence-electron chi connectivity index (χ4n) is 1.40. The van der Waals surface area contributed by atoms with Crippen LogP contribution in [0.15, 0.2) is 18.6 Å². The molecule has 0 aromatic carbocycles. The molecule has 2 heterocycles. The summed E-state index contributed by atoms with van der Waals surface area (Å²) >= 11 is 2.18. The van der Waals surface area contributed by atoms with Crippen LogP contribution in [-0.4, -0.2) is 26.9 Å². The molecule has 0 amide bonds. The molecule has 2 aromatic rings. The number of aromatic nitrogens is 4. The van der Waals surface area contributed by atoms with Gasteiger partial charge >= 0.3 is 0 Å². The summed E-state index contributed by atoms with van der Waals surface area (Å²) in [6.45, 7) is 0.601. The monoisotopic (exact) mass is 345 g/mol. The summed E-state index contributed by atoms with van der Waals surface area (Å²) in [5, 5.41) is 7.51. The normalized spacial score (nSPS) is 10.3. The molecule has 90 valence electrons. The Balaban J connectivity index is 2.05. The van der Waals surface area contributed by atoms with E-state index in [0.29, 0.717) is 6.54 Å². The highest BCUT2D eigenvalue weighted by atomic mass is 127. The van der Waals surface area contributed by atoms with Gasteiger partial charge in [-0.2, -0.15) is 5.10 Å². The lowest BCUT2D eigenvalue weighted by molar-refractivity contribution is 0.373. The van der Waals surface area contributed by atoms with Gasteiger partial charge < -0.3 is 10.1 Å². The molecule has 0 aliphatic carbocycles. The summed E-state index contributed by atoms with van der Waals surface area (Å²) in [6.07, 6.45) is 3.28. The minimum atomic E-state index is 0.601. The average molecular weight is 345 g/mol. The second-order valence-electron chi connectivity index (χ2n) is 3.37. The van der Waals surface area contributed by atoms with Gasteiger partial charge in [0.05, 0.1) is 22.9 Å². The maximum Gasteiger partial charge on any atom is 0.211 e. The third-order valence-corrected chi connectivity index (χ3v) is 2.99. The quantitative estimate of drug-likeness (QED) is 0.850. The number of halogens is 1. The zero-order valence-electron chi connectivity index (χ0n) is 9.51. The molecule has 0 saturated heterocycles. The first-order chi connectivity index (χ1) is 8.20. The van der Waals surface area contributed by atoms with Gasteiger partial charge in [-0.25, -0.2) is 14.6 Å². The van der Waals surface area contributed by atoms with E-state index in [9.17, 15) is 0 Å². The average Bonchev–Trinajstić information content (AvgIpc) is 2.69. The molecule has 0 atom stereocenters. The molecule has 2 rings (SSSR count). The molecule has 2 aromatic heterocycles. The number of nitrogens with zero attached hydrogens (tertiary/aromatic N) is 4. The fraction of sp³-hybridized carbons (Fsp3) is 0.300. The molecule has 0 spiro atoms. The number of aryl methyl sites for hydroxylation is 1. The van der Waals surface area contributed by atoms with Gasteiger partial charge in [-0.05, 0) is 22.6 Å². The lowest BCUT2D eigenvalue weighted by Crippen LogP contribution is -2.04. The Hall–Kier alpha value is -1.38. The van der Waals surface area contributed by atoms with Crippen LogP contribution in [0.5, 0.6) is 5.88 Å². The standard InChI is InChI=1S/C10H12IN5O/c1-16-9(17-2)3-7(15-16)4-13-10-8(11)5-12-6-14-10/h3,5-6H,4H2,1-2H3,(H,12,13,14). The molecule has 17 heavy (non-hydrogen) atoms. The van der Waals surface area contributed by atoms with Crippen LogP contribution in [0.25, 0.3) is 0 Å². The number of hydrogen-bond donors (Lipinski definition) is 1. The molecule has 0 aliphatic rings. The molecule has 0 fully saturated rings. The molecule has 0 bridgehead atoms. The van der Waals surface area contributed by atoms with Crippen molar-refractivity contribution in [1.82, 2.24) is 19.7 Å². The Kier molecular flexibility index (Phi) is 3.77. The Morgan fingerprint density at radius 1 is 1.53 bits per heavy atom. The lowest BCUT2D eigenvalue weighted by Gasteiger charge is -2.04. The van der Waals surface area contributed by atoms with E-state index in [4.69, 9.17) is 4.74 Å². The molecule has 0 aliphatic heterocycles. The van der Waals surface area contributed by atoms with E-state index in [2.05, 4.69) is 43.0 Å². The van der Waals surface area contributed by atoms with Gasteiger partial charge in [0.1, 0.15) is 12.1 Å². The van der Waals surface area contributed by atoms with Crippen LogP contribution in [0.1, 0.15) is 5.69 Å². The highest BCUT2D eigenvalue weighted by Gasteiger charge is 2.06. The first-order valence-electron chi connectivity index (χ1n) is 4.97. The van der Waals surface area contributed by atoms with E-state index in [-0.39, 0.29) is 0 Å². The van der Waals surface area contributed by atoms with E-state index in [0.717, 1.165) is 21.0 Å². The van der Waals surface area contributed by atoms with Crippen molar-refractivity contribution in [2.24, 2.45) is 7.05 Å². The van der Waals surface area contributed by atoms with Crippen molar-refractivity contribution in [3.05, 3.63) is 27.9 Å². The molecule has 0 unspecified atom stereocenters. The van der Waals surface area contributed by atoms with Crippen LogP contribution in [0.2, 0.25) is 0 Å². The van der Waals surface area contributed by atoms with Gasteiger partial charge in [0.15, 0.2) is 0 Å². The van der Waals surface area contributed by atoms with E-state index < -0.39 is 0 Å². The SMILES string of the molecule is COc1cc(CNc2ncncc2I)nn1C. The van der Waals surface area contributed by atoms with Crippen LogP contribution in [-0.2, 0) is 13.6 Å². The Morgan fingerprint density at radius 3 is 3.00 bits per heavy atom. The Morgan fingerprint density at radius 2 is 2.35 bits per heavy atom. The fourth-order valence-corrected chi connectivity index (χ4v) is 1.89. The molecule has 6 nitrogen and oxygen atoms in total. The number of ether oxygens (including phenoxy) is 1. The predicted molar refractivity (Wildman–Crippen MR) is 71.8 cm³/mol. The summed E-state index contributed by atoms with van der Waals surface area (Å²) in [5.41, 5.74) is 0.902. The second kappa shape index (κ2) is 5.30. The highest BCUT2D eigenvalue weighted by Crippen LogP contribution is 2.15. The molecule has 1 N–H and O–H groups in total. The van der Waals surface area contributed by atoms with Crippen LogP contribution in [0.4, 0.5) is 5.82 Å². The maximum atomic E-state index is 5.15. The number of hydrogen-bond acceptors (Lipinski definition) is 5. The number of anilines is 1. The number of nitrogens with one attached hydrogen (secondary N) is 1. The van der Waals surface area contributed by atoms with Crippen LogP contribution in [0, 0.1) is 3.57 Å². The summed E-state index contributed by atoms with van der Waals surface area (Å²) in [6, 6.07) is 1.89. The van der Waals surface area contributed by atoms with Crippen LogP contribution >= 0.6 is 22.6 Å². The maximum absolute atomic E-state index is 5.15. The molecule has 7 heteroatoms. The molecular formula is C10H12IN5O. The number of methoxy groups -OCH3 is 1. The van der Waals surface area contributed by atoms with Crippen molar-refractivity contribution >= 4 is 28.4 Å².